The standard InChI is InChI=1S/C24H29ClF2O6/c1-5-17(30)33-24(20(31)32)11(2)8-12-13-9-14(26)18-19(25)15(28)6-7-21(18,3)23(13,27)16(29)10-22(12,24)4/h6-7,11-14,16,29H,5,8-10H2,1-4H3,(H,31,32)/t11-,12-,13-,14-,16-,21-,22-,23-,24-/m0/s1. The number of ketones is 1. The molecule has 4 aliphatic rings. The van der Waals surface area contributed by atoms with Crippen molar-refractivity contribution in [3.63, 3.8) is 0 Å². The number of carboxylic acid groups (broad SMARTS) is 1. The fourth-order valence-electron chi connectivity index (χ4n) is 7.59. The highest BCUT2D eigenvalue weighted by molar-refractivity contribution is 6.45. The number of fused-ring (bicyclic) bond motifs is 5. The maximum Gasteiger partial charge on any atom is 0.349 e. The van der Waals surface area contributed by atoms with Crippen LogP contribution in [0.15, 0.2) is 22.8 Å². The predicted octanol–water partition coefficient (Wildman–Crippen LogP) is 3.89. The molecule has 182 valence electrons. The van der Waals surface area contributed by atoms with Crippen LogP contribution >= 0.6 is 11.6 Å². The van der Waals surface area contributed by atoms with Gasteiger partial charge in [-0.25, -0.2) is 13.6 Å². The highest BCUT2D eigenvalue weighted by atomic mass is 35.5. The van der Waals surface area contributed by atoms with E-state index in [1.165, 1.54) is 13.0 Å². The van der Waals surface area contributed by atoms with E-state index in [9.17, 15) is 24.6 Å². The first-order chi connectivity index (χ1) is 15.2. The largest absolute Gasteiger partial charge is 0.478 e. The van der Waals surface area contributed by atoms with Gasteiger partial charge in [-0.05, 0) is 43.8 Å². The molecule has 0 bridgehead atoms. The number of ether oxygens (including phenoxy) is 1. The summed E-state index contributed by atoms with van der Waals surface area (Å²) in [5.74, 6) is -5.14. The number of halogens is 3. The SMILES string of the molecule is CCC(=O)O[C@]1(C(=O)O)[C@@H](C)C[C@H]2[C@@H]3C[C@H](F)C4=C(Cl)C(=O)C=C[C@]4(C)[C@@]3(F)[C@@H](O)C[C@@]21C. The van der Waals surface area contributed by atoms with E-state index in [2.05, 4.69) is 0 Å². The molecule has 0 aromatic heterocycles. The molecule has 0 saturated heterocycles. The van der Waals surface area contributed by atoms with Gasteiger partial charge in [0.1, 0.15) is 6.17 Å². The first kappa shape index (κ1) is 24.3. The Balaban J connectivity index is 1.89. The lowest BCUT2D eigenvalue weighted by atomic mass is 9.44. The molecule has 0 aromatic carbocycles. The molecule has 2 N–H and O–H groups in total. The van der Waals surface area contributed by atoms with Crippen molar-refractivity contribution in [1.82, 2.24) is 0 Å². The van der Waals surface area contributed by atoms with Crippen LogP contribution in [0.4, 0.5) is 8.78 Å². The Kier molecular flexibility index (Phi) is 5.42. The van der Waals surface area contributed by atoms with Crippen LogP contribution in [0.5, 0.6) is 0 Å². The van der Waals surface area contributed by atoms with E-state index in [1.807, 2.05) is 0 Å². The van der Waals surface area contributed by atoms with E-state index in [4.69, 9.17) is 16.3 Å². The van der Waals surface area contributed by atoms with Crippen molar-refractivity contribution in [2.24, 2.45) is 28.6 Å². The van der Waals surface area contributed by atoms with Gasteiger partial charge in [-0.15, -0.1) is 0 Å². The Labute approximate surface area is 196 Å². The molecule has 4 rings (SSSR count). The molecule has 0 spiro atoms. The molecule has 0 radical (unpaired) electrons. The van der Waals surface area contributed by atoms with Crippen LogP contribution in [0.3, 0.4) is 0 Å². The maximum atomic E-state index is 17.2. The smallest absolute Gasteiger partial charge is 0.349 e. The van der Waals surface area contributed by atoms with Crippen molar-refractivity contribution in [3.05, 3.63) is 22.8 Å². The third-order valence-corrected chi connectivity index (χ3v) is 9.52. The molecule has 0 heterocycles. The van der Waals surface area contributed by atoms with E-state index in [0.29, 0.717) is 0 Å². The number of aliphatic hydroxyl groups excluding tert-OH is 1. The number of hydrogen-bond donors (Lipinski definition) is 2. The zero-order valence-electron chi connectivity index (χ0n) is 19.0. The van der Waals surface area contributed by atoms with E-state index >= 15 is 8.78 Å². The molecule has 6 nitrogen and oxygen atoms in total. The average molecular weight is 487 g/mol. The highest BCUT2D eigenvalue weighted by Gasteiger charge is 2.78. The van der Waals surface area contributed by atoms with E-state index in [0.717, 1.165) is 6.08 Å². The van der Waals surface area contributed by atoms with Crippen molar-refractivity contribution in [2.75, 3.05) is 0 Å². The third kappa shape index (κ3) is 2.71. The molecule has 4 aliphatic carbocycles. The lowest BCUT2D eigenvalue weighted by Gasteiger charge is -2.63. The molecule has 3 saturated carbocycles. The number of carbonyl (C=O) groups excluding carboxylic acids is 2. The van der Waals surface area contributed by atoms with E-state index in [-0.39, 0.29) is 36.3 Å². The summed E-state index contributed by atoms with van der Waals surface area (Å²) in [5, 5.41) is 21.2. The Morgan fingerprint density at radius 3 is 2.48 bits per heavy atom. The topological polar surface area (TPSA) is 101 Å². The Morgan fingerprint density at radius 1 is 1.27 bits per heavy atom. The van der Waals surface area contributed by atoms with Crippen molar-refractivity contribution < 1.29 is 38.1 Å². The quantitative estimate of drug-likeness (QED) is 0.587. The summed E-state index contributed by atoms with van der Waals surface area (Å²) in [5.41, 5.74) is -7.57. The highest BCUT2D eigenvalue weighted by Crippen LogP contribution is 2.72. The van der Waals surface area contributed by atoms with Gasteiger partial charge in [0, 0.05) is 29.1 Å². The number of allylic oxidation sites excluding steroid dienone is 4. The van der Waals surface area contributed by atoms with Crippen LogP contribution in [0, 0.1) is 28.6 Å². The van der Waals surface area contributed by atoms with Crippen LogP contribution in [0.1, 0.15) is 53.4 Å². The minimum Gasteiger partial charge on any atom is -0.478 e. The van der Waals surface area contributed by atoms with Gasteiger partial charge in [-0.3, -0.25) is 9.59 Å². The fourth-order valence-corrected chi connectivity index (χ4v) is 7.96. The summed E-state index contributed by atoms with van der Waals surface area (Å²) >= 11 is 6.14. The maximum absolute atomic E-state index is 17.2. The van der Waals surface area contributed by atoms with E-state index in [1.54, 1.807) is 20.8 Å². The molecule has 0 aromatic rings. The first-order valence-corrected chi connectivity index (χ1v) is 11.7. The predicted molar refractivity (Wildman–Crippen MR) is 115 cm³/mol. The molecule has 0 aliphatic heterocycles. The monoisotopic (exact) mass is 486 g/mol. The molecular formula is C24H29ClF2O6. The van der Waals surface area contributed by atoms with Crippen molar-refractivity contribution >= 4 is 29.3 Å². The summed E-state index contributed by atoms with van der Waals surface area (Å²) < 4.78 is 38.4. The molecule has 9 heteroatoms. The van der Waals surface area contributed by atoms with Crippen LogP contribution in [0.2, 0.25) is 0 Å². The Bertz CT molecular complexity index is 995. The molecule has 0 unspecified atom stereocenters. The van der Waals surface area contributed by atoms with E-state index < -0.39 is 69.9 Å². The van der Waals surface area contributed by atoms with Gasteiger partial charge in [0.2, 0.25) is 5.60 Å². The molecular weight excluding hydrogens is 458 g/mol. The third-order valence-electron chi connectivity index (χ3n) is 9.13. The zero-order valence-corrected chi connectivity index (χ0v) is 19.8. The summed E-state index contributed by atoms with van der Waals surface area (Å²) in [4.78, 5) is 37.0. The number of aliphatic carboxylic acids is 1. The number of alkyl halides is 2. The van der Waals surface area contributed by atoms with Gasteiger partial charge in [0.15, 0.2) is 11.5 Å². The second-order valence-electron chi connectivity index (χ2n) is 10.5. The molecule has 33 heavy (non-hydrogen) atoms. The fraction of sp³-hybridized carbons (Fsp3) is 0.708. The second-order valence-corrected chi connectivity index (χ2v) is 10.8. The van der Waals surface area contributed by atoms with Crippen LogP contribution in [-0.2, 0) is 19.1 Å². The minimum atomic E-state index is -2.39. The molecule has 0 amide bonds. The van der Waals surface area contributed by atoms with Gasteiger partial charge in [-0.2, -0.15) is 0 Å². The number of aliphatic hydroxyl groups is 1. The number of carbonyl (C=O) groups is 3. The summed E-state index contributed by atoms with van der Waals surface area (Å²) in [6.07, 6.45) is -1.60. The lowest BCUT2D eigenvalue weighted by molar-refractivity contribution is -0.237. The number of esters is 1. The normalized spacial score (nSPS) is 48.7. The second kappa shape index (κ2) is 7.35. The Morgan fingerprint density at radius 2 is 1.91 bits per heavy atom. The average Bonchev–Trinajstić information content (AvgIpc) is 2.95. The Hall–Kier alpha value is -1.80. The van der Waals surface area contributed by atoms with Crippen molar-refractivity contribution in [2.45, 2.75) is 76.9 Å². The number of rotatable bonds is 3. The summed E-state index contributed by atoms with van der Waals surface area (Å²) in [6.45, 7) is 6.20. The van der Waals surface area contributed by atoms with Crippen LogP contribution in [0.25, 0.3) is 0 Å². The van der Waals surface area contributed by atoms with Gasteiger partial charge >= 0.3 is 11.9 Å². The minimum absolute atomic E-state index is 0.0440. The van der Waals surface area contributed by atoms with Crippen LogP contribution < -0.4 is 0 Å². The van der Waals surface area contributed by atoms with Crippen molar-refractivity contribution in [3.8, 4) is 0 Å². The van der Waals surface area contributed by atoms with Crippen LogP contribution in [-0.4, -0.2) is 51.5 Å². The molecule has 3 fully saturated rings. The van der Waals surface area contributed by atoms with Gasteiger partial charge in [-0.1, -0.05) is 38.4 Å². The van der Waals surface area contributed by atoms with Gasteiger partial charge in [0.05, 0.1) is 11.1 Å². The van der Waals surface area contributed by atoms with Crippen molar-refractivity contribution in [1.29, 1.82) is 0 Å². The first-order valence-electron chi connectivity index (χ1n) is 11.3. The molecule has 9 atom stereocenters. The number of hydrogen-bond acceptors (Lipinski definition) is 5. The van der Waals surface area contributed by atoms with Gasteiger partial charge < -0.3 is 14.9 Å². The summed E-state index contributed by atoms with van der Waals surface area (Å²) in [6, 6.07) is 0. The lowest BCUT2D eigenvalue weighted by Crippen LogP contribution is -2.71. The zero-order chi connectivity index (χ0) is 24.7. The summed E-state index contributed by atoms with van der Waals surface area (Å²) in [7, 11) is 0. The number of carboxylic acids is 1. The van der Waals surface area contributed by atoms with Gasteiger partial charge in [0.25, 0.3) is 0 Å².